The predicted octanol–water partition coefficient (Wildman–Crippen LogP) is 2.75. The number of hydrogen-bond acceptors (Lipinski definition) is 3. The van der Waals surface area contributed by atoms with Crippen molar-refractivity contribution in [3.05, 3.63) is 24.3 Å². The molecular weight excluding hydrogens is 202 g/mol. The van der Waals surface area contributed by atoms with Crippen LogP contribution in [0.5, 0.6) is 5.75 Å². The van der Waals surface area contributed by atoms with Gasteiger partial charge in [0.25, 0.3) is 0 Å². The first kappa shape index (κ1) is 12.8. The molecule has 0 amide bonds. The van der Waals surface area contributed by atoms with E-state index in [-0.39, 0.29) is 11.9 Å². The van der Waals surface area contributed by atoms with E-state index in [0.29, 0.717) is 6.54 Å². The maximum Gasteiger partial charge on any atom is 0.115 e. The van der Waals surface area contributed by atoms with Gasteiger partial charge in [-0.25, -0.2) is 0 Å². The van der Waals surface area contributed by atoms with Gasteiger partial charge in [-0.2, -0.15) is 0 Å². The number of nitrogens with one attached hydrogen (secondary N) is 1. The van der Waals surface area contributed by atoms with Gasteiger partial charge in [-0.15, -0.1) is 0 Å². The molecule has 0 aliphatic carbocycles. The topological polar surface area (TPSA) is 52.5 Å². The lowest BCUT2D eigenvalue weighted by molar-refractivity contribution is 0.173. The van der Waals surface area contributed by atoms with Crippen LogP contribution < -0.4 is 5.32 Å². The number of hydrogen-bond donors (Lipinski definition) is 3. The van der Waals surface area contributed by atoms with E-state index < -0.39 is 0 Å². The second-order valence-corrected chi connectivity index (χ2v) is 4.08. The Morgan fingerprint density at radius 1 is 1.19 bits per heavy atom. The lowest BCUT2D eigenvalue weighted by atomic mass is 10.1. The normalized spacial score (nSPS) is 12.4. The quantitative estimate of drug-likeness (QED) is 0.492. The van der Waals surface area contributed by atoms with Gasteiger partial charge >= 0.3 is 0 Å². The number of phenols is 1. The second kappa shape index (κ2) is 7.12. The molecule has 90 valence electrons. The molecule has 1 aromatic carbocycles. The van der Waals surface area contributed by atoms with Crippen LogP contribution >= 0.6 is 0 Å². The first-order chi connectivity index (χ1) is 7.72. The Morgan fingerprint density at radius 2 is 1.88 bits per heavy atom. The zero-order chi connectivity index (χ0) is 11.8. The zero-order valence-corrected chi connectivity index (χ0v) is 9.82. The Balaban J connectivity index is 2.20. The summed E-state index contributed by atoms with van der Waals surface area (Å²) < 4.78 is 0. The van der Waals surface area contributed by atoms with E-state index >= 15 is 0 Å². The van der Waals surface area contributed by atoms with Gasteiger partial charge in [0.1, 0.15) is 5.75 Å². The number of aliphatic hydroxyl groups is 1. The third kappa shape index (κ3) is 5.03. The molecule has 3 nitrogen and oxygen atoms in total. The molecule has 0 spiro atoms. The second-order valence-electron chi connectivity index (χ2n) is 4.08. The van der Waals surface area contributed by atoms with Crippen molar-refractivity contribution in [1.29, 1.82) is 0 Å². The van der Waals surface area contributed by atoms with Gasteiger partial charge in [-0.1, -0.05) is 26.2 Å². The maximum atomic E-state index is 9.68. The highest BCUT2D eigenvalue weighted by atomic mass is 16.3. The third-order valence-electron chi connectivity index (χ3n) is 2.55. The molecule has 16 heavy (non-hydrogen) atoms. The van der Waals surface area contributed by atoms with Crippen molar-refractivity contribution in [3.8, 4) is 5.75 Å². The fourth-order valence-electron chi connectivity index (χ4n) is 1.55. The minimum absolute atomic E-state index is 0.258. The molecule has 1 rings (SSSR count). The summed E-state index contributed by atoms with van der Waals surface area (Å²) in [5.74, 6) is 0.258. The summed E-state index contributed by atoms with van der Waals surface area (Å²) in [6.07, 6.45) is 3.99. The number of aromatic hydroxyl groups is 1. The molecule has 0 saturated heterocycles. The summed E-state index contributed by atoms with van der Waals surface area (Å²) in [5.41, 5.74) is 0.923. The van der Waals surface area contributed by atoms with E-state index in [1.54, 1.807) is 24.3 Å². The van der Waals surface area contributed by atoms with E-state index in [4.69, 9.17) is 5.11 Å². The van der Waals surface area contributed by atoms with Crippen molar-refractivity contribution in [2.45, 2.75) is 38.7 Å². The first-order valence-electron chi connectivity index (χ1n) is 5.93. The number of anilines is 1. The van der Waals surface area contributed by atoms with Crippen molar-refractivity contribution in [2.24, 2.45) is 0 Å². The highest BCUT2D eigenvalue weighted by Crippen LogP contribution is 2.14. The fourth-order valence-corrected chi connectivity index (χ4v) is 1.55. The summed E-state index contributed by atoms with van der Waals surface area (Å²) in [6, 6.07) is 6.86. The summed E-state index contributed by atoms with van der Waals surface area (Å²) in [6.45, 7) is 2.72. The van der Waals surface area contributed by atoms with E-state index in [0.717, 1.165) is 18.5 Å². The Bertz CT molecular complexity index is 284. The monoisotopic (exact) mass is 223 g/mol. The lowest BCUT2D eigenvalue weighted by Gasteiger charge is -2.12. The number of phenolic OH excluding ortho intramolecular Hbond substituents is 1. The van der Waals surface area contributed by atoms with Crippen LogP contribution in [0.15, 0.2) is 24.3 Å². The van der Waals surface area contributed by atoms with Gasteiger partial charge < -0.3 is 15.5 Å². The molecule has 0 aliphatic heterocycles. The molecular formula is C13H21NO2. The van der Waals surface area contributed by atoms with Crippen LogP contribution in [0.1, 0.15) is 32.6 Å². The minimum atomic E-state index is -0.291. The predicted molar refractivity (Wildman–Crippen MR) is 66.7 cm³/mol. The highest BCUT2D eigenvalue weighted by molar-refractivity contribution is 5.45. The van der Waals surface area contributed by atoms with Gasteiger partial charge in [0, 0.05) is 12.2 Å². The van der Waals surface area contributed by atoms with Crippen molar-refractivity contribution in [2.75, 3.05) is 11.9 Å². The Labute approximate surface area is 97.1 Å². The van der Waals surface area contributed by atoms with Crippen molar-refractivity contribution in [3.63, 3.8) is 0 Å². The van der Waals surface area contributed by atoms with Gasteiger partial charge in [-0.05, 0) is 30.7 Å². The van der Waals surface area contributed by atoms with Crippen LogP contribution in [0.4, 0.5) is 5.69 Å². The number of rotatable bonds is 7. The average molecular weight is 223 g/mol. The molecule has 0 radical (unpaired) electrons. The number of unbranched alkanes of at least 4 members (excludes halogenated alkanes) is 2. The standard InChI is InChI=1S/C13H21NO2/c1-2-3-4-5-13(16)10-14-11-6-8-12(15)9-7-11/h6-9,13-16H,2-5,10H2,1H3. The largest absolute Gasteiger partial charge is 0.508 e. The Hall–Kier alpha value is -1.22. The average Bonchev–Trinajstić information content (AvgIpc) is 2.29. The molecule has 0 heterocycles. The highest BCUT2D eigenvalue weighted by Gasteiger charge is 2.03. The first-order valence-corrected chi connectivity index (χ1v) is 5.93. The fraction of sp³-hybridized carbons (Fsp3) is 0.538. The van der Waals surface area contributed by atoms with Crippen LogP contribution in [-0.4, -0.2) is 22.9 Å². The summed E-state index contributed by atoms with van der Waals surface area (Å²) in [4.78, 5) is 0. The molecule has 0 saturated carbocycles. The Kier molecular flexibility index (Phi) is 5.72. The molecule has 1 aromatic rings. The van der Waals surface area contributed by atoms with Crippen LogP contribution in [0, 0.1) is 0 Å². The summed E-state index contributed by atoms with van der Waals surface area (Å²) >= 11 is 0. The molecule has 0 bridgehead atoms. The number of aliphatic hydroxyl groups excluding tert-OH is 1. The van der Waals surface area contributed by atoms with Crippen LogP contribution in [0.3, 0.4) is 0 Å². The molecule has 1 unspecified atom stereocenters. The van der Waals surface area contributed by atoms with Crippen molar-refractivity contribution >= 4 is 5.69 Å². The van der Waals surface area contributed by atoms with Crippen LogP contribution in [0.25, 0.3) is 0 Å². The summed E-state index contributed by atoms with van der Waals surface area (Å²) in [5, 5.41) is 21.9. The van der Waals surface area contributed by atoms with Crippen LogP contribution in [-0.2, 0) is 0 Å². The van der Waals surface area contributed by atoms with Gasteiger partial charge in [0.05, 0.1) is 6.10 Å². The molecule has 0 aromatic heterocycles. The minimum Gasteiger partial charge on any atom is -0.508 e. The van der Waals surface area contributed by atoms with Gasteiger partial charge in [0.15, 0.2) is 0 Å². The molecule has 0 aliphatic rings. The lowest BCUT2D eigenvalue weighted by Crippen LogP contribution is -2.19. The van der Waals surface area contributed by atoms with Crippen molar-refractivity contribution in [1.82, 2.24) is 0 Å². The van der Waals surface area contributed by atoms with Crippen LogP contribution in [0.2, 0.25) is 0 Å². The van der Waals surface area contributed by atoms with E-state index in [1.807, 2.05) is 0 Å². The maximum absolute atomic E-state index is 9.68. The smallest absolute Gasteiger partial charge is 0.115 e. The molecule has 3 heteroatoms. The van der Waals surface area contributed by atoms with E-state index in [9.17, 15) is 5.11 Å². The van der Waals surface area contributed by atoms with Gasteiger partial charge in [-0.3, -0.25) is 0 Å². The summed E-state index contributed by atoms with van der Waals surface area (Å²) in [7, 11) is 0. The van der Waals surface area contributed by atoms with Gasteiger partial charge in [0.2, 0.25) is 0 Å². The molecule has 3 N–H and O–H groups in total. The van der Waals surface area contributed by atoms with Crippen molar-refractivity contribution < 1.29 is 10.2 Å². The molecule has 1 atom stereocenters. The zero-order valence-electron chi connectivity index (χ0n) is 9.82. The molecule has 0 fully saturated rings. The van der Waals surface area contributed by atoms with E-state index in [1.165, 1.54) is 12.8 Å². The number of benzene rings is 1. The third-order valence-corrected chi connectivity index (χ3v) is 2.55. The Morgan fingerprint density at radius 3 is 2.50 bits per heavy atom. The SMILES string of the molecule is CCCCCC(O)CNc1ccc(O)cc1. The van der Waals surface area contributed by atoms with E-state index in [2.05, 4.69) is 12.2 Å².